The van der Waals surface area contributed by atoms with Crippen LogP contribution in [-0.2, 0) is 25.8 Å². The van der Waals surface area contributed by atoms with Crippen LogP contribution in [-0.4, -0.2) is 35.1 Å². The third kappa shape index (κ3) is 8.50. The molecule has 0 bridgehead atoms. The largest absolute Gasteiger partial charge is 0.357 e. The van der Waals surface area contributed by atoms with Crippen molar-refractivity contribution in [1.82, 2.24) is 20.4 Å². The molecule has 8 heteroatoms. The molecule has 1 heterocycles. The van der Waals surface area contributed by atoms with Gasteiger partial charge >= 0.3 is 0 Å². The van der Waals surface area contributed by atoms with Crippen LogP contribution in [0.1, 0.15) is 30.0 Å². The van der Waals surface area contributed by atoms with Gasteiger partial charge < -0.3 is 10.6 Å². The van der Waals surface area contributed by atoms with E-state index in [9.17, 15) is 4.39 Å². The van der Waals surface area contributed by atoms with Gasteiger partial charge in [0.2, 0.25) is 0 Å². The molecule has 150 valence electrons. The Labute approximate surface area is 182 Å². The molecule has 0 fully saturated rings. The second-order valence-corrected chi connectivity index (χ2v) is 6.96. The van der Waals surface area contributed by atoms with Crippen LogP contribution in [0, 0.1) is 5.82 Å². The molecule has 0 amide bonds. The summed E-state index contributed by atoms with van der Waals surface area (Å²) in [5, 5.41) is 10.8. The summed E-state index contributed by atoms with van der Waals surface area (Å²) in [6, 6.07) is 4.94. The minimum Gasteiger partial charge on any atom is -0.357 e. The number of benzene rings is 1. The first-order valence-electron chi connectivity index (χ1n) is 8.88. The second-order valence-electron chi connectivity index (χ2n) is 6.09. The average molecular weight is 505 g/mol. The summed E-state index contributed by atoms with van der Waals surface area (Å²) in [5.74, 6) is 1.39. The lowest BCUT2D eigenvalue weighted by atomic mass is 10.1. The predicted molar refractivity (Wildman–Crippen MR) is 123 cm³/mol. The summed E-state index contributed by atoms with van der Waals surface area (Å²) in [6.07, 6.45) is 7.95. The lowest BCUT2D eigenvalue weighted by Crippen LogP contribution is -2.37. The van der Waals surface area contributed by atoms with Gasteiger partial charge in [-0.3, -0.25) is 4.68 Å². The third-order valence-corrected chi connectivity index (χ3v) is 4.51. The average Bonchev–Trinajstić information content (AvgIpc) is 3.03. The minimum absolute atomic E-state index is 0. The van der Waals surface area contributed by atoms with E-state index in [0.717, 1.165) is 48.8 Å². The van der Waals surface area contributed by atoms with Crippen LogP contribution in [0.4, 0.5) is 4.39 Å². The Morgan fingerprint density at radius 2 is 2.11 bits per heavy atom. The monoisotopic (exact) mass is 505 g/mol. The molecule has 0 saturated heterocycles. The highest BCUT2D eigenvalue weighted by Gasteiger charge is 2.05. The highest BCUT2D eigenvalue weighted by Crippen LogP contribution is 2.17. The zero-order valence-electron chi connectivity index (χ0n) is 16.2. The number of nitrogens with one attached hydrogen (secondary N) is 2. The van der Waals surface area contributed by atoms with Gasteiger partial charge in [-0.25, -0.2) is 9.38 Å². The molecule has 2 N–H and O–H groups in total. The molecular weight excluding hydrogens is 476 g/mol. The first-order valence-corrected chi connectivity index (χ1v) is 10.3. The van der Waals surface area contributed by atoms with Crippen LogP contribution in [0.3, 0.4) is 0 Å². The van der Waals surface area contributed by atoms with Gasteiger partial charge in [-0.05, 0) is 54.8 Å². The van der Waals surface area contributed by atoms with E-state index in [-0.39, 0.29) is 29.8 Å². The second kappa shape index (κ2) is 13.0. The van der Waals surface area contributed by atoms with Gasteiger partial charge in [0.05, 0.1) is 12.7 Å². The minimum atomic E-state index is -0.192. The maximum atomic E-state index is 13.5. The van der Waals surface area contributed by atoms with Crippen molar-refractivity contribution in [3.8, 4) is 0 Å². The number of halogens is 2. The van der Waals surface area contributed by atoms with Gasteiger partial charge in [-0.1, -0.05) is 6.07 Å². The summed E-state index contributed by atoms with van der Waals surface area (Å²) in [6.45, 7) is 4.22. The number of thioether (sulfide) groups is 1. The summed E-state index contributed by atoms with van der Waals surface area (Å²) < 4.78 is 15.3. The van der Waals surface area contributed by atoms with Crippen molar-refractivity contribution < 1.29 is 4.39 Å². The van der Waals surface area contributed by atoms with Crippen molar-refractivity contribution in [2.45, 2.75) is 32.1 Å². The Kier molecular flexibility index (Phi) is 11.4. The van der Waals surface area contributed by atoms with Gasteiger partial charge in [0.1, 0.15) is 5.82 Å². The molecule has 0 atom stereocenters. The van der Waals surface area contributed by atoms with E-state index >= 15 is 0 Å². The van der Waals surface area contributed by atoms with Crippen molar-refractivity contribution in [2.75, 3.05) is 19.3 Å². The molecule has 0 aliphatic rings. The molecule has 0 unspecified atom stereocenters. The van der Waals surface area contributed by atoms with Crippen LogP contribution in [0.2, 0.25) is 0 Å². The normalized spacial score (nSPS) is 11.2. The first kappa shape index (κ1) is 23.7. The molecule has 27 heavy (non-hydrogen) atoms. The molecule has 0 aliphatic carbocycles. The van der Waals surface area contributed by atoms with Crippen LogP contribution >= 0.6 is 35.7 Å². The van der Waals surface area contributed by atoms with Crippen LogP contribution in [0.15, 0.2) is 35.6 Å². The Morgan fingerprint density at radius 3 is 2.78 bits per heavy atom. The van der Waals surface area contributed by atoms with E-state index in [4.69, 9.17) is 0 Å². The lowest BCUT2D eigenvalue weighted by molar-refractivity contribution is 0.625. The smallest absolute Gasteiger partial charge is 0.191 e. The number of hydrogen-bond donors (Lipinski definition) is 2. The number of aryl methyl sites for hydroxylation is 2. The van der Waals surface area contributed by atoms with Crippen molar-refractivity contribution >= 4 is 41.7 Å². The molecule has 0 aliphatic heterocycles. The summed E-state index contributed by atoms with van der Waals surface area (Å²) in [5.41, 5.74) is 3.31. The van der Waals surface area contributed by atoms with Gasteiger partial charge in [0.15, 0.2) is 5.96 Å². The van der Waals surface area contributed by atoms with Gasteiger partial charge in [-0.15, -0.1) is 24.0 Å². The third-order valence-electron chi connectivity index (χ3n) is 3.91. The molecule has 0 spiro atoms. The van der Waals surface area contributed by atoms with E-state index in [0.29, 0.717) is 6.54 Å². The molecule has 2 aromatic rings. The Balaban J connectivity index is 0.00000364. The van der Waals surface area contributed by atoms with E-state index in [1.807, 2.05) is 43.4 Å². The highest BCUT2D eigenvalue weighted by molar-refractivity contribution is 14.0. The number of aromatic nitrogens is 2. The standard InChI is InChI=1S/C19H28FN5S.HI/c1-4-21-19(22-9-5-6-15-11-24-25(2)13-15)23-12-16-7-8-18(20)10-17(16)14-26-3;/h7-8,10-11,13H,4-6,9,12,14H2,1-3H3,(H2,21,22,23);1H. The predicted octanol–water partition coefficient (Wildman–Crippen LogP) is 3.73. The molecule has 2 rings (SSSR count). The lowest BCUT2D eigenvalue weighted by Gasteiger charge is -2.12. The number of rotatable bonds is 9. The number of guanidine groups is 1. The molecular formula is C19H29FIN5S. The van der Waals surface area contributed by atoms with Crippen LogP contribution < -0.4 is 10.6 Å². The van der Waals surface area contributed by atoms with Crippen molar-refractivity contribution in [3.05, 3.63) is 53.1 Å². The SMILES string of the molecule is CCNC(=NCc1ccc(F)cc1CSC)NCCCc1cnn(C)c1.I. The van der Waals surface area contributed by atoms with Crippen molar-refractivity contribution in [1.29, 1.82) is 0 Å². The number of nitrogens with zero attached hydrogens (tertiary/aromatic N) is 3. The van der Waals surface area contributed by atoms with E-state index in [1.165, 1.54) is 11.6 Å². The fourth-order valence-electron chi connectivity index (χ4n) is 2.64. The Hall–Kier alpha value is -1.29. The van der Waals surface area contributed by atoms with Crippen molar-refractivity contribution in [3.63, 3.8) is 0 Å². The molecule has 5 nitrogen and oxygen atoms in total. The van der Waals surface area contributed by atoms with E-state index in [2.05, 4.69) is 20.7 Å². The summed E-state index contributed by atoms with van der Waals surface area (Å²) in [4.78, 5) is 4.65. The molecule has 1 aromatic carbocycles. The molecule has 1 aromatic heterocycles. The topological polar surface area (TPSA) is 54.2 Å². The zero-order chi connectivity index (χ0) is 18.8. The quantitative estimate of drug-likeness (QED) is 0.236. The highest BCUT2D eigenvalue weighted by atomic mass is 127. The van der Waals surface area contributed by atoms with E-state index in [1.54, 1.807) is 17.8 Å². The zero-order valence-corrected chi connectivity index (χ0v) is 19.3. The van der Waals surface area contributed by atoms with Crippen LogP contribution in [0.5, 0.6) is 0 Å². The molecule has 0 saturated carbocycles. The van der Waals surface area contributed by atoms with Gasteiger partial charge in [0.25, 0.3) is 0 Å². The Bertz CT molecular complexity index is 720. The maximum absolute atomic E-state index is 13.5. The maximum Gasteiger partial charge on any atom is 0.191 e. The van der Waals surface area contributed by atoms with Gasteiger partial charge in [0, 0.05) is 32.1 Å². The summed E-state index contributed by atoms with van der Waals surface area (Å²) in [7, 11) is 1.93. The van der Waals surface area contributed by atoms with Crippen molar-refractivity contribution in [2.24, 2.45) is 12.0 Å². The first-order chi connectivity index (χ1) is 12.6. The molecule has 0 radical (unpaired) electrons. The fraction of sp³-hybridized carbons (Fsp3) is 0.474. The van der Waals surface area contributed by atoms with Crippen LogP contribution in [0.25, 0.3) is 0 Å². The van der Waals surface area contributed by atoms with Gasteiger partial charge in [-0.2, -0.15) is 16.9 Å². The number of hydrogen-bond acceptors (Lipinski definition) is 3. The number of aliphatic imine (C=N–C) groups is 1. The van der Waals surface area contributed by atoms with E-state index < -0.39 is 0 Å². The summed E-state index contributed by atoms with van der Waals surface area (Å²) >= 11 is 1.69. The Morgan fingerprint density at radius 1 is 1.30 bits per heavy atom. The fourth-order valence-corrected chi connectivity index (χ4v) is 3.22.